The van der Waals surface area contributed by atoms with Gasteiger partial charge in [0.25, 0.3) is 0 Å². The molecule has 1 aromatic heterocycles. The molecule has 1 aliphatic heterocycles. The van der Waals surface area contributed by atoms with Crippen LogP contribution in [-0.2, 0) is 16.6 Å². The van der Waals surface area contributed by atoms with Crippen LogP contribution in [0.5, 0.6) is 0 Å². The highest BCUT2D eigenvalue weighted by Crippen LogP contribution is 2.27. The molecular formula is C19H31N5O2. The number of rotatable bonds is 6. The normalized spacial score (nSPS) is 20.3. The van der Waals surface area contributed by atoms with Crippen LogP contribution in [0.4, 0.5) is 0 Å². The third kappa shape index (κ3) is 4.63. The predicted molar refractivity (Wildman–Crippen MR) is 99.3 cm³/mol. The third-order valence-electron chi connectivity index (χ3n) is 5.71. The molecule has 1 aliphatic carbocycles. The monoisotopic (exact) mass is 361 g/mol. The molecule has 1 aromatic rings. The van der Waals surface area contributed by atoms with E-state index in [-0.39, 0.29) is 23.9 Å². The first-order valence-corrected chi connectivity index (χ1v) is 9.80. The fourth-order valence-corrected chi connectivity index (χ4v) is 4.21. The number of hydrogen-bond donors (Lipinski definition) is 2. The maximum atomic E-state index is 12.8. The van der Waals surface area contributed by atoms with E-state index in [4.69, 9.17) is 0 Å². The molecule has 2 fully saturated rings. The summed E-state index contributed by atoms with van der Waals surface area (Å²) in [6.45, 7) is 1.37. The van der Waals surface area contributed by atoms with Crippen LogP contribution in [0.2, 0.25) is 0 Å². The second-order valence-corrected chi connectivity index (χ2v) is 7.69. The molecule has 2 aliphatic rings. The molecule has 1 saturated heterocycles. The van der Waals surface area contributed by atoms with E-state index >= 15 is 0 Å². The average Bonchev–Trinajstić information content (AvgIpc) is 3.28. The van der Waals surface area contributed by atoms with Crippen LogP contribution in [0, 0.1) is 5.92 Å². The number of carbonyl (C=O) groups is 2. The number of aryl methyl sites for hydroxylation is 1. The van der Waals surface area contributed by atoms with E-state index in [0.29, 0.717) is 25.4 Å². The number of piperidine rings is 1. The topological polar surface area (TPSA) is 79.3 Å². The van der Waals surface area contributed by atoms with E-state index in [1.54, 1.807) is 17.9 Å². The van der Waals surface area contributed by atoms with Crippen molar-refractivity contribution in [3.05, 3.63) is 18.0 Å². The molecule has 1 unspecified atom stereocenters. The van der Waals surface area contributed by atoms with E-state index in [9.17, 15) is 9.59 Å². The standard InChI is InChI=1S/C19H31N5O2/c1-20-18(15-12-21-23(2)13-15)19(26)24-9-7-16(8-10-24)22-17(25)11-14-5-3-4-6-14/h12-14,16,18,20H,3-11H2,1-2H3,(H,22,25). The van der Waals surface area contributed by atoms with Gasteiger partial charge in [0.15, 0.2) is 0 Å². The van der Waals surface area contributed by atoms with Gasteiger partial charge in [-0.1, -0.05) is 12.8 Å². The number of nitrogens with one attached hydrogen (secondary N) is 2. The van der Waals surface area contributed by atoms with Gasteiger partial charge in [0, 0.05) is 44.4 Å². The number of hydrogen-bond acceptors (Lipinski definition) is 4. The molecule has 2 N–H and O–H groups in total. The highest BCUT2D eigenvalue weighted by molar-refractivity contribution is 5.83. The lowest BCUT2D eigenvalue weighted by atomic mass is 10.0. The molecule has 3 rings (SSSR count). The fraction of sp³-hybridized carbons (Fsp3) is 0.737. The summed E-state index contributed by atoms with van der Waals surface area (Å²) in [5.41, 5.74) is 0.881. The summed E-state index contributed by atoms with van der Waals surface area (Å²) in [6.07, 6.45) is 10.8. The van der Waals surface area contributed by atoms with E-state index in [2.05, 4.69) is 15.7 Å². The summed E-state index contributed by atoms with van der Waals surface area (Å²) in [5, 5.41) is 10.4. The van der Waals surface area contributed by atoms with Crippen molar-refractivity contribution in [3.8, 4) is 0 Å². The number of amides is 2. The summed E-state index contributed by atoms with van der Waals surface area (Å²) in [5.74, 6) is 0.842. The van der Waals surface area contributed by atoms with Gasteiger partial charge < -0.3 is 15.5 Å². The van der Waals surface area contributed by atoms with Crippen molar-refractivity contribution in [2.75, 3.05) is 20.1 Å². The van der Waals surface area contributed by atoms with Gasteiger partial charge in [-0.2, -0.15) is 5.10 Å². The Hall–Kier alpha value is -1.89. The minimum atomic E-state index is -0.364. The van der Waals surface area contributed by atoms with Crippen LogP contribution in [0.25, 0.3) is 0 Å². The molecule has 7 nitrogen and oxygen atoms in total. The highest BCUT2D eigenvalue weighted by atomic mass is 16.2. The van der Waals surface area contributed by atoms with Gasteiger partial charge in [-0.25, -0.2) is 0 Å². The van der Waals surface area contributed by atoms with Gasteiger partial charge in [0.2, 0.25) is 11.8 Å². The SMILES string of the molecule is CNC(C(=O)N1CCC(NC(=O)CC2CCCC2)CC1)c1cnn(C)c1. The van der Waals surface area contributed by atoms with Crippen LogP contribution in [0.15, 0.2) is 12.4 Å². The molecule has 1 saturated carbocycles. The van der Waals surface area contributed by atoms with E-state index in [1.165, 1.54) is 25.7 Å². The molecule has 0 radical (unpaired) electrons. The minimum Gasteiger partial charge on any atom is -0.353 e. The van der Waals surface area contributed by atoms with Gasteiger partial charge >= 0.3 is 0 Å². The molecule has 2 heterocycles. The summed E-state index contributed by atoms with van der Waals surface area (Å²) in [4.78, 5) is 26.9. The zero-order valence-electron chi connectivity index (χ0n) is 15.9. The molecule has 2 amide bonds. The number of aromatic nitrogens is 2. The Morgan fingerprint density at radius 2 is 1.92 bits per heavy atom. The Labute approximate surface area is 155 Å². The van der Waals surface area contributed by atoms with Gasteiger partial charge in [-0.05, 0) is 38.6 Å². The van der Waals surface area contributed by atoms with Gasteiger partial charge in [0.05, 0.1) is 6.20 Å². The highest BCUT2D eigenvalue weighted by Gasteiger charge is 2.30. The van der Waals surface area contributed by atoms with E-state index in [1.807, 2.05) is 18.1 Å². The van der Waals surface area contributed by atoms with Crippen molar-refractivity contribution in [3.63, 3.8) is 0 Å². The summed E-state index contributed by atoms with van der Waals surface area (Å²) >= 11 is 0. The molecule has 26 heavy (non-hydrogen) atoms. The van der Waals surface area contributed by atoms with Crippen LogP contribution in [-0.4, -0.2) is 52.7 Å². The average molecular weight is 361 g/mol. The van der Waals surface area contributed by atoms with E-state index < -0.39 is 0 Å². The van der Waals surface area contributed by atoms with Crippen molar-refractivity contribution in [2.24, 2.45) is 13.0 Å². The smallest absolute Gasteiger partial charge is 0.244 e. The van der Waals surface area contributed by atoms with Crippen molar-refractivity contribution < 1.29 is 9.59 Å². The number of nitrogens with zero attached hydrogens (tertiary/aromatic N) is 3. The van der Waals surface area contributed by atoms with Gasteiger partial charge in [0.1, 0.15) is 6.04 Å². The molecule has 7 heteroatoms. The van der Waals surface area contributed by atoms with E-state index in [0.717, 1.165) is 18.4 Å². The summed E-state index contributed by atoms with van der Waals surface area (Å²) < 4.78 is 1.71. The zero-order valence-corrected chi connectivity index (χ0v) is 15.9. The number of likely N-dealkylation sites (N-methyl/N-ethyl adjacent to an activating group) is 1. The largest absolute Gasteiger partial charge is 0.353 e. The first kappa shape index (κ1) is 18.9. The lowest BCUT2D eigenvalue weighted by Gasteiger charge is -2.34. The number of likely N-dealkylation sites (tertiary alicyclic amines) is 1. The van der Waals surface area contributed by atoms with Crippen LogP contribution in [0.3, 0.4) is 0 Å². The lowest BCUT2D eigenvalue weighted by molar-refractivity contribution is -0.134. The Balaban J connectivity index is 1.46. The van der Waals surface area contributed by atoms with Crippen molar-refractivity contribution in [1.29, 1.82) is 0 Å². The Kier molecular flexibility index (Phi) is 6.29. The van der Waals surface area contributed by atoms with Gasteiger partial charge in [-0.3, -0.25) is 14.3 Å². The maximum absolute atomic E-state index is 12.8. The molecule has 0 bridgehead atoms. The first-order valence-electron chi connectivity index (χ1n) is 9.80. The molecule has 0 aromatic carbocycles. The number of carbonyl (C=O) groups excluding carboxylic acids is 2. The Morgan fingerprint density at radius 3 is 2.50 bits per heavy atom. The molecule has 0 spiro atoms. The fourth-order valence-electron chi connectivity index (χ4n) is 4.21. The second-order valence-electron chi connectivity index (χ2n) is 7.69. The van der Waals surface area contributed by atoms with Crippen molar-refractivity contribution >= 4 is 11.8 Å². The van der Waals surface area contributed by atoms with Crippen molar-refractivity contribution in [2.45, 2.75) is 57.0 Å². The lowest BCUT2D eigenvalue weighted by Crippen LogP contribution is -2.49. The maximum Gasteiger partial charge on any atom is 0.244 e. The molecule has 144 valence electrons. The van der Waals surface area contributed by atoms with Gasteiger partial charge in [-0.15, -0.1) is 0 Å². The van der Waals surface area contributed by atoms with Crippen LogP contribution >= 0.6 is 0 Å². The summed E-state index contributed by atoms with van der Waals surface area (Å²) in [6, 6.07) is -0.170. The first-order chi connectivity index (χ1) is 12.6. The molecule has 1 atom stereocenters. The quantitative estimate of drug-likeness (QED) is 0.802. The van der Waals surface area contributed by atoms with Crippen LogP contribution < -0.4 is 10.6 Å². The van der Waals surface area contributed by atoms with Crippen LogP contribution in [0.1, 0.15) is 56.6 Å². The summed E-state index contributed by atoms with van der Waals surface area (Å²) in [7, 11) is 3.64. The minimum absolute atomic E-state index is 0.0798. The molecular weight excluding hydrogens is 330 g/mol. The zero-order chi connectivity index (χ0) is 18.5. The third-order valence-corrected chi connectivity index (χ3v) is 5.71. The predicted octanol–water partition coefficient (Wildman–Crippen LogP) is 1.37. The Bertz CT molecular complexity index is 615. The second kappa shape index (κ2) is 8.66. The Morgan fingerprint density at radius 1 is 1.23 bits per heavy atom. The van der Waals surface area contributed by atoms with Crippen molar-refractivity contribution in [1.82, 2.24) is 25.3 Å².